The third kappa shape index (κ3) is 5.37. The first-order chi connectivity index (χ1) is 10.2. The fourth-order valence-electron chi connectivity index (χ4n) is 2.84. The van der Waals surface area contributed by atoms with Gasteiger partial charge in [0.15, 0.2) is 5.76 Å². The van der Waals surface area contributed by atoms with E-state index in [0.717, 1.165) is 43.4 Å². The molecule has 1 atom stereocenters. The summed E-state index contributed by atoms with van der Waals surface area (Å²) in [6, 6.07) is 7.62. The minimum atomic E-state index is 0. The number of likely N-dealkylation sites (tertiary alicyclic amines) is 1. The maximum Gasteiger partial charge on any atom is 0.209 e. The first-order valence-corrected chi connectivity index (χ1v) is 7.75. The molecule has 3 rings (SSSR count). The third-order valence-electron chi connectivity index (χ3n) is 3.96. The van der Waals surface area contributed by atoms with Gasteiger partial charge < -0.3 is 10.2 Å². The van der Waals surface area contributed by atoms with Crippen molar-refractivity contribution in [3.63, 3.8) is 0 Å². The van der Waals surface area contributed by atoms with Crippen molar-refractivity contribution in [2.75, 3.05) is 19.6 Å². The zero-order chi connectivity index (χ0) is 14.7. The van der Waals surface area contributed by atoms with Gasteiger partial charge in [0.1, 0.15) is 0 Å². The van der Waals surface area contributed by atoms with Gasteiger partial charge in [-0.3, -0.25) is 4.90 Å². The Morgan fingerprint density at radius 3 is 2.91 bits per heavy atom. The molecule has 1 saturated heterocycles. The van der Waals surface area contributed by atoms with E-state index in [4.69, 9.17) is 21.8 Å². The van der Waals surface area contributed by atoms with Crippen molar-refractivity contribution in [1.82, 2.24) is 9.88 Å². The highest BCUT2D eigenvalue weighted by Crippen LogP contribution is 2.24. The summed E-state index contributed by atoms with van der Waals surface area (Å²) in [6.07, 6.45) is 4.20. The van der Waals surface area contributed by atoms with Crippen molar-refractivity contribution in [2.45, 2.75) is 19.4 Å². The Hall–Kier alpha value is -0.780. The van der Waals surface area contributed by atoms with Crippen LogP contribution in [0.1, 0.15) is 18.7 Å². The van der Waals surface area contributed by atoms with E-state index in [1.165, 1.54) is 12.8 Å². The molecule has 1 aliphatic rings. The number of nitrogens with zero attached hydrogens (tertiary/aromatic N) is 2. The average Bonchev–Trinajstić information content (AvgIpc) is 2.96. The van der Waals surface area contributed by atoms with Gasteiger partial charge in [-0.05, 0) is 44.0 Å². The predicted octanol–water partition coefficient (Wildman–Crippen LogP) is 4.01. The van der Waals surface area contributed by atoms with E-state index < -0.39 is 0 Å². The van der Waals surface area contributed by atoms with Crippen LogP contribution in [-0.4, -0.2) is 29.5 Å². The van der Waals surface area contributed by atoms with Gasteiger partial charge >= 0.3 is 0 Å². The second-order valence-electron chi connectivity index (χ2n) is 5.61. The van der Waals surface area contributed by atoms with Gasteiger partial charge in [-0.15, -0.1) is 24.8 Å². The van der Waals surface area contributed by atoms with Crippen molar-refractivity contribution >= 4 is 36.4 Å². The molecule has 2 aromatic rings. The van der Waals surface area contributed by atoms with Crippen LogP contribution >= 0.6 is 36.4 Å². The molecule has 1 aromatic carbocycles. The summed E-state index contributed by atoms with van der Waals surface area (Å²) in [5.41, 5.74) is 6.73. The molecule has 2 N–H and O–H groups in total. The van der Waals surface area contributed by atoms with E-state index in [-0.39, 0.29) is 24.8 Å². The Morgan fingerprint density at radius 1 is 1.35 bits per heavy atom. The maximum atomic E-state index is 6.01. The second-order valence-corrected chi connectivity index (χ2v) is 6.04. The van der Waals surface area contributed by atoms with Gasteiger partial charge in [-0.1, -0.05) is 23.7 Å². The van der Waals surface area contributed by atoms with E-state index in [1.54, 1.807) is 6.20 Å². The zero-order valence-corrected chi connectivity index (χ0v) is 15.2. The molecule has 128 valence electrons. The lowest BCUT2D eigenvalue weighted by molar-refractivity contribution is 0.158. The molecule has 4 nitrogen and oxygen atoms in total. The van der Waals surface area contributed by atoms with Gasteiger partial charge in [0.25, 0.3) is 0 Å². The summed E-state index contributed by atoms with van der Waals surface area (Å²) in [6.45, 7) is 3.63. The number of piperidine rings is 1. The van der Waals surface area contributed by atoms with E-state index in [0.29, 0.717) is 10.9 Å². The minimum Gasteiger partial charge on any atom is -0.439 e. The number of halogens is 3. The Kier molecular flexibility index (Phi) is 8.37. The lowest BCUT2D eigenvalue weighted by Gasteiger charge is -2.30. The van der Waals surface area contributed by atoms with Crippen LogP contribution in [0.2, 0.25) is 5.02 Å². The smallest absolute Gasteiger partial charge is 0.209 e. The molecule has 1 fully saturated rings. The van der Waals surface area contributed by atoms with Gasteiger partial charge in [-0.25, -0.2) is 4.98 Å². The summed E-state index contributed by atoms with van der Waals surface area (Å²) in [7, 11) is 0. The number of nitrogens with two attached hydrogens (primary N) is 1. The van der Waals surface area contributed by atoms with E-state index >= 15 is 0 Å². The highest BCUT2D eigenvalue weighted by atomic mass is 35.5. The molecule has 1 aromatic heterocycles. The van der Waals surface area contributed by atoms with Crippen molar-refractivity contribution < 1.29 is 4.42 Å². The number of oxazole rings is 1. The van der Waals surface area contributed by atoms with E-state index in [1.807, 2.05) is 24.3 Å². The predicted molar refractivity (Wildman–Crippen MR) is 98.5 cm³/mol. The van der Waals surface area contributed by atoms with E-state index in [2.05, 4.69) is 9.88 Å². The van der Waals surface area contributed by atoms with Crippen LogP contribution in [0.15, 0.2) is 34.9 Å². The molecule has 0 radical (unpaired) electrons. The number of hydrogen-bond donors (Lipinski definition) is 1. The Bertz CT molecular complexity index is 606. The SMILES string of the molecule is Cl.Cl.NCC1CCCN(Cc2ncc(-c3cccc(Cl)c3)o2)C1. The quantitative estimate of drug-likeness (QED) is 0.873. The van der Waals surface area contributed by atoms with Crippen LogP contribution in [0.4, 0.5) is 0 Å². The molecule has 0 bridgehead atoms. The van der Waals surface area contributed by atoms with Crippen molar-refractivity contribution in [2.24, 2.45) is 11.7 Å². The van der Waals surface area contributed by atoms with Gasteiger partial charge in [0.05, 0.1) is 12.7 Å². The molecular weight excluding hydrogens is 357 g/mol. The summed E-state index contributed by atoms with van der Waals surface area (Å²) in [4.78, 5) is 6.75. The number of rotatable bonds is 4. The normalized spacial score (nSPS) is 18.1. The topological polar surface area (TPSA) is 55.3 Å². The second kappa shape index (κ2) is 9.50. The Balaban J connectivity index is 0.00000132. The lowest BCUT2D eigenvalue weighted by atomic mass is 9.98. The van der Waals surface area contributed by atoms with Gasteiger partial charge in [-0.2, -0.15) is 0 Å². The standard InChI is InChI=1S/C16H20ClN3O.2ClH/c17-14-5-1-4-13(7-14)15-9-19-16(21-15)11-20-6-2-3-12(8-18)10-20;;/h1,4-5,7,9,12H,2-3,6,8,10-11,18H2;2*1H. The summed E-state index contributed by atoms with van der Waals surface area (Å²) in [5.74, 6) is 2.11. The Labute approximate surface area is 154 Å². The van der Waals surface area contributed by atoms with Crippen molar-refractivity contribution in [3.8, 4) is 11.3 Å². The zero-order valence-electron chi connectivity index (χ0n) is 12.8. The Morgan fingerprint density at radius 2 is 2.17 bits per heavy atom. The van der Waals surface area contributed by atoms with Gasteiger partial charge in [0.2, 0.25) is 5.89 Å². The minimum absolute atomic E-state index is 0. The first kappa shape index (κ1) is 20.3. The molecule has 2 heterocycles. The molecule has 1 aliphatic heterocycles. The lowest BCUT2D eigenvalue weighted by Crippen LogP contribution is -2.37. The molecule has 0 aliphatic carbocycles. The fourth-order valence-corrected chi connectivity index (χ4v) is 3.03. The molecule has 1 unspecified atom stereocenters. The molecular formula is C16H22Cl3N3O. The third-order valence-corrected chi connectivity index (χ3v) is 4.19. The summed E-state index contributed by atoms with van der Waals surface area (Å²) < 4.78 is 5.85. The van der Waals surface area contributed by atoms with Crippen LogP contribution in [0.5, 0.6) is 0 Å². The summed E-state index contributed by atoms with van der Waals surface area (Å²) >= 11 is 6.01. The first-order valence-electron chi connectivity index (χ1n) is 7.37. The van der Waals surface area contributed by atoms with Crippen LogP contribution in [-0.2, 0) is 6.54 Å². The number of benzene rings is 1. The molecule has 0 spiro atoms. The van der Waals surface area contributed by atoms with Gasteiger partial charge in [0, 0.05) is 17.1 Å². The van der Waals surface area contributed by atoms with Crippen LogP contribution in [0, 0.1) is 5.92 Å². The highest BCUT2D eigenvalue weighted by molar-refractivity contribution is 6.30. The average molecular weight is 379 g/mol. The van der Waals surface area contributed by atoms with Crippen LogP contribution in [0.25, 0.3) is 11.3 Å². The highest BCUT2D eigenvalue weighted by Gasteiger charge is 2.20. The monoisotopic (exact) mass is 377 g/mol. The molecule has 0 saturated carbocycles. The van der Waals surface area contributed by atoms with Crippen molar-refractivity contribution in [1.29, 1.82) is 0 Å². The van der Waals surface area contributed by atoms with Crippen LogP contribution < -0.4 is 5.73 Å². The van der Waals surface area contributed by atoms with Crippen molar-refractivity contribution in [3.05, 3.63) is 41.4 Å². The van der Waals surface area contributed by atoms with Crippen LogP contribution in [0.3, 0.4) is 0 Å². The molecule has 0 amide bonds. The number of aromatic nitrogens is 1. The largest absolute Gasteiger partial charge is 0.439 e. The fraction of sp³-hybridized carbons (Fsp3) is 0.438. The number of hydrogen-bond acceptors (Lipinski definition) is 4. The molecule has 7 heteroatoms. The molecule has 23 heavy (non-hydrogen) atoms. The maximum absolute atomic E-state index is 6.01. The summed E-state index contributed by atoms with van der Waals surface area (Å²) in [5, 5.41) is 0.701. The van der Waals surface area contributed by atoms with E-state index in [9.17, 15) is 0 Å².